The molecule has 1 heterocycles. The summed E-state index contributed by atoms with van der Waals surface area (Å²) in [5, 5.41) is 10.0. The van der Waals surface area contributed by atoms with Gasteiger partial charge in [0.25, 0.3) is 5.91 Å². The second-order valence-electron chi connectivity index (χ2n) is 6.29. The van der Waals surface area contributed by atoms with E-state index in [0.717, 1.165) is 21.7 Å². The molecule has 3 aromatic carbocycles. The molecule has 0 saturated heterocycles. The molecule has 1 aromatic heterocycles. The number of hydrogen-bond donors (Lipinski definition) is 2. The first-order valence-electron chi connectivity index (χ1n) is 8.88. The Bertz CT molecular complexity index is 1020. The number of hydroxylamine groups is 1. The molecule has 0 bridgehead atoms. The first-order valence-corrected chi connectivity index (χ1v) is 9.70. The lowest BCUT2D eigenvalue weighted by atomic mass is 9.92. The van der Waals surface area contributed by atoms with Crippen molar-refractivity contribution in [1.29, 1.82) is 0 Å². The summed E-state index contributed by atoms with van der Waals surface area (Å²) in [6.45, 7) is 0. The number of amides is 1. The van der Waals surface area contributed by atoms with E-state index in [1.54, 1.807) is 5.48 Å². The molecule has 0 radical (unpaired) electrons. The number of thiazole rings is 1. The van der Waals surface area contributed by atoms with Gasteiger partial charge in [-0.3, -0.25) is 10.0 Å². The largest absolute Gasteiger partial charge is 0.288 e. The monoisotopic (exact) mass is 386 g/mol. The normalized spacial score (nSPS) is 10.8. The molecule has 0 aliphatic carbocycles. The summed E-state index contributed by atoms with van der Waals surface area (Å²) in [6.07, 6.45) is 0. The Kier molecular flexibility index (Phi) is 5.28. The van der Waals surface area contributed by atoms with Crippen molar-refractivity contribution in [2.45, 2.75) is 5.92 Å². The molecule has 1 amide bonds. The van der Waals surface area contributed by atoms with Crippen LogP contribution in [0, 0.1) is 0 Å². The third kappa shape index (κ3) is 3.58. The van der Waals surface area contributed by atoms with Crippen molar-refractivity contribution in [2.24, 2.45) is 0 Å². The fourth-order valence-electron chi connectivity index (χ4n) is 3.23. The number of aromatic nitrogens is 1. The standard InChI is InChI=1S/C23H18N2O2S/c26-22(25-27)21-20(18-14-8-3-9-15-18)24-23(28-21)19(16-10-4-1-5-11-16)17-12-6-2-7-13-17/h1-15,19,27H,(H,25,26). The minimum atomic E-state index is -0.553. The van der Waals surface area contributed by atoms with Crippen LogP contribution < -0.4 is 5.48 Å². The summed E-state index contributed by atoms with van der Waals surface area (Å²) in [6, 6.07) is 29.7. The molecule has 5 heteroatoms. The van der Waals surface area contributed by atoms with E-state index in [4.69, 9.17) is 4.98 Å². The van der Waals surface area contributed by atoms with Gasteiger partial charge in [-0.25, -0.2) is 10.5 Å². The number of nitrogens with one attached hydrogen (secondary N) is 1. The minimum absolute atomic E-state index is 0.102. The van der Waals surface area contributed by atoms with Gasteiger partial charge in [0, 0.05) is 5.56 Å². The van der Waals surface area contributed by atoms with Crippen LogP contribution in [0.2, 0.25) is 0 Å². The second-order valence-corrected chi connectivity index (χ2v) is 7.32. The lowest BCUT2D eigenvalue weighted by Gasteiger charge is -2.15. The first-order chi connectivity index (χ1) is 13.8. The van der Waals surface area contributed by atoms with Crippen molar-refractivity contribution >= 4 is 17.2 Å². The van der Waals surface area contributed by atoms with Crippen molar-refractivity contribution < 1.29 is 10.0 Å². The van der Waals surface area contributed by atoms with Gasteiger partial charge in [0.2, 0.25) is 0 Å². The number of nitrogens with zero attached hydrogens (tertiary/aromatic N) is 1. The predicted molar refractivity (Wildman–Crippen MR) is 111 cm³/mol. The molecule has 0 aliphatic rings. The summed E-state index contributed by atoms with van der Waals surface area (Å²) in [5.41, 5.74) is 5.36. The van der Waals surface area contributed by atoms with E-state index in [1.807, 2.05) is 66.7 Å². The van der Waals surface area contributed by atoms with Crippen LogP contribution in [0.4, 0.5) is 0 Å². The van der Waals surface area contributed by atoms with E-state index < -0.39 is 5.91 Å². The number of benzene rings is 3. The molecular formula is C23H18N2O2S. The lowest BCUT2D eigenvalue weighted by Crippen LogP contribution is -2.18. The molecule has 4 rings (SSSR count). The lowest BCUT2D eigenvalue weighted by molar-refractivity contribution is 0.0711. The van der Waals surface area contributed by atoms with Crippen molar-refractivity contribution in [3.8, 4) is 11.3 Å². The molecule has 4 aromatic rings. The predicted octanol–water partition coefficient (Wildman–Crippen LogP) is 5.11. The van der Waals surface area contributed by atoms with E-state index in [9.17, 15) is 10.0 Å². The van der Waals surface area contributed by atoms with E-state index in [1.165, 1.54) is 11.3 Å². The van der Waals surface area contributed by atoms with Crippen LogP contribution in [-0.2, 0) is 0 Å². The van der Waals surface area contributed by atoms with Gasteiger partial charge in [-0.15, -0.1) is 11.3 Å². The van der Waals surface area contributed by atoms with Gasteiger partial charge in [-0.05, 0) is 11.1 Å². The Hall–Kier alpha value is -3.28. The Morgan fingerprint density at radius 2 is 1.32 bits per heavy atom. The zero-order valence-electron chi connectivity index (χ0n) is 14.9. The van der Waals surface area contributed by atoms with Gasteiger partial charge < -0.3 is 0 Å². The smallest absolute Gasteiger partial charge is 0.287 e. The summed E-state index contributed by atoms with van der Waals surface area (Å²) in [5.74, 6) is -0.655. The van der Waals surface area contributed by atoms with E-state index in [0.29, 0.717) is 10.6 Å². The number of hydrogen-bond acceptors (Lipinski definition) is 4. The van der Waals surface area contributed by atoms with Crippen molar-refractivity contribution in [1.82, 2.24) is 10.5 Å². The van der Waals surface area contributed by atoms with Crippen molar-refractivity contribution in [3.05, 3.63) is 112 Å². The highest BCUT2D eigenvalue weighted by atomic mass is 32.1. The van der Waals surface area contributed by atoms with Gasteiger partial charge in [-0.2, -0.15) is 0 Å². The van der Waals surface area contributed by atoms with Crippen LogP contribution in [0.25, 0.3) is 11.3 Å². The highest BCUT2D eigenvalue weighted by molar-refractivity contribution is 7.14. The zero-order chi connectivity index (χ0) is 19.3. The van der Waals surface area contributed by atoms with Crippen LogP contribution in [-0.4, -0.2) is 16.1 Å². The van der Waals surface area contributed by atoms with Gasteiger partial charge >= 0.3 is 0 Å². The highest BCUT2D eigenvalue weighted by Gasteiger charge is 2.25. The van der Waals surface area contributed by atoms with Gasteiger partial charge in [0.05, 0.1) is 11.6 Å². The third-order valence-electron chi connectivity index (χ3n) is 4.51. The quantitative estimate of drug-likeness (QED) is 0.370. The third-order valence-corrected chi connectivity index (χ3v) is 5.63. The molecule has 0 atom stereocenters. The number of carbonyl (C=O) groups excluding carboxylic acids is 1. The molecule has 28 heavy (non-hydrogen) atoms. The molecule has 0 saturated carbocycles. The zero-order valence-corrected chi connectivity index (χ0v) is 15.8. The van der Waals surface area contributed by atoms with Crippen molar-refractivity contribution in [2.75, 3.05) is 0 Å². The van der Waals surface area contributed by atoms with Gasteiger partial charge in [0.15, 0.2) is 0 Å². The fourth-order valence-corrected chi connectivity index (χ4v) is 4.36. The summed E-state index contributed by atoms with van der Waals surface area (Å²) >= 11 is 1.30. The number of rotatable bonds is 5. The molecule has 0 aliphatic heterocycles. The molecular weight excluding hydrogens is 368 g/mol. The Balaban J connectivity index is 1.90. The SMILES string of the molecule is O=C(NO)c1sc(C(c2ccccc2)c2ccccc2)nc1-c1ccccc1. The molecule has 0 fully saturated rings. The molecule has 2 N–H and O–H groups in total. The highest BCUT2D eigenvalue weighted by Crippen LogP contribution is 2.38. The van der Waals surface area contributed by atoms with Crippen molar-refractivity contribution in [3.63, 3.8) is 0 Å². The van der Waals surface area contributed by atoms with Gasteiger partial charge in [0.1, 0.15) is 9.88 Å². The first kappa shape index (κ1) is 18.1. The summed E-state index contributed by atoms with van der Waals surface area (Å²) < 4.78 is 0. The molecule has 4 nitrogen and oxygen atoms in total. The van der Waals surface area contributed by atoms with Gasteiger partial charge in [-0.1, -0.05) is 91.0 Å². The summed E-state index contributed by atoms with van der Waals surface area (Å²) in [4.78, 5) is 17.6. The Labute approximate surface area is 167 Å². The Morgan fingerprint density at radius 3 is 1.82 bits per heavy atom. The van der Waals surface area contributed by atoms with Crippen LogP contribution in [0.5, 0.6) is 0 Å². The summed E-state index contributed by atoms with van der Waals surface area (Å²) in [7, 11) is 0. The maximum atomic E-state index is 12.3. The van der Waals surface area contributed by atoms with E-state index in [2.05, 4.69) is 24.3 Å². The minimum Gasteiger partial charge on any atom is -0.288 e. The maximum Gasteiger partial charge on any atom is 0.287 e. The fraction of sp³-hybridized carbons (Fsp3) is 0.0435. The average molecular weight is 386 g/mol. The maximum absolute atomic E-state index is 12.3. The molecule has 0 unspecified atom stereocenters. The Morgan fingerprint density at radius 1 is 0.821 bits per heavy atom. The van der Waals surface area contributed by atoms with Crippen LogP contribution in [0.15, 0.2) is 91.0 Å². The molecule has 0 spiro atoms. The molecule has 138 valence electrons. The van der Waals surface area contributed by atoms with Crippen LogP contribution in [0.3, 0.4) is 0 Å². The second kappa shape index (κ2) is 8.17. The topological polar surface area (TPSA) is 62.2 Å². The van der Waals surface area contributed by atoms with Crippen LogP contribution in [0.1, 0.15) is 31.7 Å². The van der Waals surface area contributed by atoms with E-state index >= 15 is 0 Å². The number of carbonyl (C=O) groups is 1. The average Bonchev–Trinajstić information content (AvgIpc) is 3.20. The van der Waals surface area contributed by atoms with E-state index in [-0.39, 0.29) is 5.92 Å². The van der Waals surface area contributed by atoms with Crippen LogP contribution >= 0.6 is 11.3 Å².